The Hall–Kier alpha value is -5.83. The first-order valence-corrected chi connectivity index (χ1v) is 16.8. The van der Waals surface area contributed by atoms with Crippen molar-refractivity contribution in [2.24, 2.45) is 0 Å². The molecule has 1 aromatic heterocycles. The molecule has 1 nitrogen and oxygen atoms in total. The molecule has 0 radical (unpaired) electrons. The maximum atomic E-state index is 8.56. The van der Waals surface area contributed by atoms with E-state index >= 15 is 0 Å². The maximum Gasteiger partial charge on any atom is 0.0629 e. The topological polar surface area (TPSA) is 4.93 Å². The van der Waals surface area contributed by atoms with E-state index in [4.69, 9.17) is 6.85 Å². The van der Waals surface area contributed by atoms with Gasteiger partial charge in [-0.2, -0.15) is 0 Å². The highest BCUT2D eigenvalue weighted by Crippen LogP contribution is 2.50. The summed E-state index contributed by atoms with van der Waals surface area (Å²) in [7, 11) is 0. The Morgan fingerprint density at radius 2 is 1.10 bits per heavy atom. The third-order valence-corrected chi connectivity index (χ3v) is 10.6. The van der Waals surface area contributed by atoms with E-state index in [1.165, 1.54) is 32.3 Å². The smallest absolute Gasteiger partial charge is 0.0629 e. The maximum absolute atomic E-state index is 8.56. The lowest BCUT2D eigenvalue weighted by molar-refractivity contribution is 1.18. The number of fused-ring (bicyclic) bond motifs is 5. The molecule has 0 fully saturated rings. The number of hydrogen-bond acceptors (Lipinski definition) is 1. The zero-order valence-corrected chi connectivity index (χ0v) is 26.5. The fourth-order valence-electron chi connectivity index (χ4n) is 7.28. The Labute approximate surface area is 290 Å². The Bertz CT molecular complexity index is 2940. The zero-order valence-electron chi connectivity index (χ0n) is 30.7. The van der Waals surface area contributed by atoms with Crippen molar-refractivity contribution in [3.63, 3.8) is 0 Å². The molecule has 0 spiro atoms. The molecule has 9 aromatic rings. The number of nitrogens with zero attached hydrogens (tertiary/aromatic N) is 1. The zero-order chi connectivity index (χ0) is 36.0. The standard InChI is InChI=1S/C46H29NS/c1-3-10-30(11-4-1)34-23-26-44-41(29-34)39-16-9-15-38-36(24-27-45(48-44)46(38)39)32-20-18-31(19-21-32)33-22-25-43-40(28-33)37-14-7-8-17-42(37)47(43)35-12-5-2-6-13-35/h1-29H/i1D,3D,4D,10D,11D. The van der Waals surface area contributed by atoms with E-state index in [0.717, 1.165) is 49.2 Å². The average molecular weight is 633 g/mol. The van der Waals surface area contributed by atoms with Gasteiger partial charge in [0.15, 0.2) is 0 Å². The van der Waals surface area contributed by atoms with Crippen LogP contribution in [-0.4, -0.2) is 4.57 Å². The molecule has 10 rings (SSSR count). The van der Waals surface area contributed by atoms with Gasteiger partial charge in [-0.15, -0.1) is 0 Å². The molecule has 1 aliphatic rings. The monoisotopic (exact) mass is 632 g/mol. The van der Waals surface area contributed by atoms with Gasteiger partial charge in [0, 0.05) is 31.6 Å². The number of aromatic nitrogens is 1. The summed E-state index contributed by atoms with van der Waals surface area (Å²) in [5, 5.41) is 4.76. The molecular weight excluding hydrogens is 599 g/mol. The van der Waals surface area contributed by atoms with Gasteiger partial charge < -0.3 is 4.57 Å². The first-order valence-electron chi connectivity index (χ1n) is 18.5. The second-order valence-electron chi connectivity index (χ2n) is 12.1. The van der Waals surface area contributed by atoms with E-state index in [9.17, 15) is 0 Å². The summed E-state index contributed by atoms with van der Waals surface area (Å²) in [6.45, 7) is 0. The molecule has 0 aliphatic carbocycles. The van der Waals surface area contributed by atoms with E-state index in [1.54, 1.807) is 11.8 Å². The molecule has 2 heterocycles. The molecule has 0 saturated heterocycles. The van der Waals surface area contributed by atoms with Gasteiger partial charge >= 0.3 is 0 Å². The van der Waals surface area contributed by atoms with Gasteiger partial charge in [0.2, 0.25) is 0 Å². The van der Waals surface area contributed by atoms with Crippen LogP contribution in [0.25, 0.3) is 82.8 Å². The van der Waals surface area contributed by atoms with Crippen LogP contribution in [0.4, 0.5) is 0 Å². The van der Waals surface area contributed by atoms with Crippen LogP contribution < -0.4 is 0 Å². The summed E-state index contributed by atoms with van der Waals surface area (Å²) in [5.41, 5.74) is 11.0. The first-order chi connectivity index (χ1) is 25.9. The highest BCUT2D eigenvalue weighted by Gasteiger charge is 2.21. The van der Waals surface area contributed by atoms with Gasteiger partial charge in [0.05, 0.1) is 17.9 Å². The van der Waals surface area contributed by atoms with E-state index in [0.29, 0.717) is 5.56 Å². The molecular formula is C46H29NS. The van der Waals surface area contributed by atoms with Crippen molar-refractivity contribution in [3.8, 4) is 50.2 Å². The quantitative estimate of drug-likeness (QED) is 0.187. The summed E-state index contributed by atoms with van der Waals surface area (Å²) >= 11 is 1.70. The minimum Gasteiger partial charge on any atom is -0.309 e. The van der Waals surface area contributed by atoms with E-state index in [-0.39, 0.29) is 35.8 Å². The van der Waals surface area contributed by atoms with Crippen LogP contribution in [-0.2, 0) is 0 Å². The molecule has 0 bridgehead atoms. The van der Waals surface area contributed by atoms with Crippen LogP contribution >= 0.6 is 11.8 Å². The lowest BCUT2D eigenvalue weighted by atomic mass is 9.90. The molecule has 1 aliphatic heterocycles. The number of para-hydroxylation sites is 2. The third kappa shape index (κ3) is 4.27. The van der Waals surface area contributed by atoms with Gasteiger partial charge in [-0.05, 0) is 98.4 Å². The molecule has 48 heavy (non-hydrogen) atoms. The predicted molar refractivity (Wildman–Crippen MR) is 204 cm³/mol. The van der Waals surface area contributed by atoms with Crippen LogP contribution in [0.3, 0.4) is 0 Å². The minimum atomic E-state index is -0.384. The summed E-state index contributed by atoms with van der Waals surface area (Å²) in [5.74, 6) is 0. The lowest BCUT2D eigenvalue weighted by Crippen LogP contribution is -1.95. The van der Waals surface area contributed by atoms with Crippen LogP contribution in [0, 0.1) is 0 Å². The van der Waals surface area contributed by atoms with Gasteiger partial charge in [-0.3, -0.25) is 0 Å². The Balaban J connectivity index is 1.05. The Morgan fingerprint density at radius 1 is 0.417 bits per heavy atom. The molecule has 0 saturated carbocycles. The van der Waals surface area contributed by atoms with Crippen LogP contribution in [0.1, 0.15) is 6.85 Å². The minimum absolute atomic E-state index is 0.192. The summed E-state index contributed by atoms with van der Waals surface area (Å²) in [6, 6.07) is 49.9. The SMILES string of the molecule is [2H]c1c([2H])c([2H])c(-c2ccc3c(c2)-c2cccc4c(-c5ccc(-c6ccc7c(c6)c6ccccc6n7-c6ccccc6)cc5)ccc(c24)S3)c([2H])c1[2H]. The van der Waals surface area contributed by atoms with Gasteiger partial charge in [-0.1, -0.05) is 139 Å². The largest absolute Gasteiger partial charge is 0.309 e. The predicted octanol–water partition coefficient (Wildman–Crippen LogP) is 13.1. The van der Waals surface area contributed by atoms with Crippen molar-refractivity contribution in [2.75, 3.05) is 0 Å². The van der Waals surface area contributed by atoms with E-state index < -0.39 is 0 Å². The van der Waals surface area contributed by atoms with E-state index in [2.05, 4.69) is 126 Å². The normalized spacial score (nSPS) is 13.5. The molecule has 0 unspecified atom stereocenters. The summed E-state index contributed by atoms with van der Waals surface area (Å²) in [6.07, 6.45) is 0. The number of benzene rings is 8. The molecule has 224 valence electrons. The average Bonchev–Trinajstić information content (AvgIpc) is 3.54. The van der Waals surface area contributed by atoms with Crippen molar-refractivity contribution >= 4 is 44.3 Å². The molecule has 0 amide bonds. The summed E-state index contributed by atoms with van der Waals surface area (Å²) in [4.78, 5) is 2.24. The second-order valence-corrected chi connectivity index (χ2v) is 13.2. The number of rotatable bonds is 4. The molecule has 0 N–H and O–H groups in total. The number of hydrogen-bond donors (Lipinski definition) is 0. The van der Waals surface area contributed by atoms with Crippen LogP contribution in [0.5, 0.6) is 0 Å². The second kappa shape index (κ2) is 10.9. The highest BCUT2D eigenvalue weighted by atomic mass is 32.2. The fourth-order valence-corrected chi connectivity index (χ4v) is 8.39. The summed E-state index contributed by atoms with van der Waals surface area (Å²) < 4.78 is 43.9. The van der Waals surface area contributed by atoms with Crippen LogP contribution in [0.15, 0.2) is 186 Å². The molecule has 8 aromatic carbocycles. The lowest BCUT2D eigenvalue weighted by Gasteiger charge is -2.22. The van der Waals surface area contributed by atoms with Gasteiger partial charge in [-0.25, -0.2) is 0 Å². The Morgan fingerprint density at radius 3 is 1.98 bits per heavy atom. The molecule has 0 atom stereocenters. The van der Waals surface area contributed by atoms with Gasteiger partial charge in [0.25, 0.3) is 0 Å². The van der Waals surface area contributed by atoms with E-state index in [1.807, 2.05) is 24.3 Å². The van der Waals surface area contributed by atoms with Crippen LogP contribution in [0.2, 0.25) is 0 Å². The van der Waals surface area contributed by atoms with Gasteiger partial charge in [0.1, 0.15) is 0 Å². The Kier molecular flexibility index (Phi) is 5.13. The van der Waals surface area contributed by atoms with Crippen molar-refractivity contribution in [1.29, 1.82) is 0 Å². The molecule has 2 heteroatoms. The fraction of sp³-hybridized carbons (Fsp3) is 0. The van der Waals surface area contributed by atoms with Crippen molar-refractivity contribution in [3.05, 3.63) is 176 Å². The third-order valence-electron chi connectivity index (χ3n) is 9.50. The highest BCUT2D eigenvalue weighted by molar-refractivity contribution is 7.99. The van der Waals surface area contributed by atoms with Crippen molar-refractivity contribution < 1.29 is 6.85 Å². The first kappa shape index (κ1) is 22.7. The van der Waals surface area contributed by atoms with Crippen molar-refractivity contribution in [1.82, 2.24) is 4.57 Å². The van der Waals surface area contributed by atoms with Crippen molar-refractivity contribution in [2.45, 2.75) is 9.79 Å².